The van der Waals surface area contributed by atoms with Crippen LogP contribution in [0.1, 0.15) is 18.1 Å². The molecular weight excluding hydrogens is 465 g/mol. The molecule has 148 valence electrons. The zero-order chi connectivity index (χ0) is 18.8. The van der Waals surface area contributed by atoms with Crippen LogP contribution in [0.4, 0.5) is 8.78 Å². The molecule has 2 aromatic rings. The van der Waals surface area contributed by atoms with Gasteiger partial charge in [-0.05, 0) is 42.7 Å². The first-order chi connectivity index (χ1) is 12.6. The lowest BCUT2D eigenvalue weighted by Crippen LogP contribution is -2.38. The number of guanidine groups is 1. The summed E-state index contributed by atoms with van der Waals surface area (Å²) in [7, 11) is 1.94. The van der Waals surface area contributed by atoms with Gasteiger partial charge in [0.2, 0.25) is 0 Å². The second-order valence-corrected chi connectivity index (χ2v) is 5.73. The summed E-state index contributed by atoms with van der Waals surface area (Å²) in [6, 6.07) is 10.6. The lowest BCUT2D eigenvalue weighted by atomic mass is 10.2. The topological polar surface area (TPSA) is 49.8 Å². The van der Waals surface area contributed by atoms with Gasteiger partial charge < -0.3 is 15.0 Å². The highest BCUT2D eigenvalue weighted by molar-refractivity contribution is 14.0. The Balaban J connectivity index is 0.00000364. The van der Waals surface area contributed by atoms with Gasteiger partial charge in [-0.25, -0.2) is 0 Å². The van der Waals surface area contributed by atoms with Crippen molar-refractivity contribution in [2.75, 3.05) is 20.1 Å². The Kier molecular flexibility index (Phi) is 10.6. The predicted octanol–water partition coefficient (Wildman–Crippen LogP) is 3.94. The highest BCUT2D eigenvalue weighted by atomic mass is 127. The zero-order valence-corrected chi connectivity index (χ0v) is 17.8. The maximum Gasteiger partial charge on any atom is 0.387 e. The van der Waals surface area contributed by atoms with E-state index in [2.05, 4.69) is 20.0 Å². The van der Waals surface area contributed by atoms with Crippen LogP contribution in [0, 0.1) is 0 Å². The lowest BCUT2D eigenvalue weighted by Gasteiger charge is -2.22. The molecule has 2 rings (SSSR count). The molecule has 0 aliphatic heterocycles. The first-order valence-corrected chi connectivity index (χ1v) is 8.50. The lowest BCUT2D eigenvalue weighted by molar-refractivity contribution is -0.0498. The maximum absolute atomic E-state index is 12.2. The monoisotopic (exact) mass is 490 g/mol. The van der Waals surface area contributed by atoms with E-state index in [9.17, 15) is 8.78 Å². The number of ether oxygens (including phenoxy) is 1. The molecule has 0 unspecified atom stereocenters. The summed E-state index contributed by atoms with van der Waals surface area (Å²) in [5, 5.41) is 3.26. The molecule has 27 heavy (non-hydrogen) atoms. The minimum Gasteiger partial charge on any atom is -0.435 e. The molecule has 5 nitrogen and oxygen atoms in total. The largest absolute Gasteiger partial charge is 0.435 e. The summed E-state index contributed by atoms with van der Waals surface area (Å²) >= 11 is 0. The van der Waals surface area contributed by atoms with Crippen LogP contribution in [0.2, 0.25) is 0 Å². The van der Waals surface area contributed by atoms with E-state index < -0.39 is 6.61 Å². The van der Waals surface area contributed by atoms with Crippen molar-refractivity contribution in [1.29, 1.82) is 0 Å². The number of rotatable bonds is 8. The molecule has 0 saturated heterocycles. The van der Waals surface area contributed by atoms with Crippen LogP contribution in [0.15, 0.2) is 53.8 Å². The van der Waals surface area contributed by atoms with Gasteiger partial charge in [0.05, 0.1) is 0 Å². The van der Waals surface area contributed by atoms with Gasteiger partial charge in [-0.1, -0.05) is 18.2 Å². The number of benzene rings is 1. The number of nitrogens with zero attached hydrogens (tertiary/aromatic N) is 3. The second kappa shape index (κ2) is 12.4. The van der Waals surface area contributed by atoms with E-state index in [-0.39, 0.29) is 29.7 Å². The van der Waals surface area contributed by atoms with Crippen LogP contribution < -0.4 is 10.1 Å². The maximum atomic E-state index is 12.2. The number of pyridine rings is 1. The number of hydrogen-bond donors (Lipinski definition) is 1. The van der Waals surface area contributed by atoms with Gasteiger partial charge >= 0.3 is 6.61 Å². The second-order valence-electron chi connectivity index (χ2n) is 5.73. The number of halogens is 3. The Morgan fingerprint density at radius 2 is 1.96 bits per heavy atom. The molecule has 0 radical (unpaired) electrons. The molecule has 1 heterocycles. The highest BCUT2D eigenvalue weighted by Crippen LogP contribution is 2.15. The van der Waals surface area contributed by atoms with Gasteiger partial charge in [0.1, 0.15) is 5.75 Å². The average molecular weight is 490 g/mol. The number of aliphatic imine (C=N–C) groups is 1. The third-order valence-corrected chi connectivity index (χ3v) is 3.65. The summed E-state index contributed by atoms with van der Waals surface area (Å²) in [4.78, 5) is 10.7. The third-order valence-electron chi connectivity index (χ3n) is 3.65. The fourth-order valence-electron chi connectivity index (χ4n) is 2.43. The predicted molar refractivity (Wildman–Crippen MR) is 114 cm³/mol. The molecule has 8 heteroatoms. The number of hydrogen-bond acceptors (Lipinski definition) is 3. The molecule has 0 saturated carbocycles. The molecule has 0 aliphatic carbocycles. The molecule has 1 aromatic heterocycles. The highest BCUT2D eigenvalue weighted by Gasteiger charge is 2.08. The quantitative estimate of drug-likeness (QED) is 0.346. The molecule has 0 spiro atoms. The Morgan fingerprint density at radius 3 is 2.56 bits per heavy atom. The molecule has 0 atom stereocenters. The van der Waals surface area contributed by atoms with E-state index in [4.69, 9.17) is 0 Å². The van der Waals surface area contributed by atoms with E-state index in [1.54, 1.807) is 30.5 Å². The van der Waals surface area contributed by atoms with Crippen molar-refractivity contribution in [3.05, 3.63) is 59.9 Å². The number of alkyl halides is 2. The van der Waals surface area contributed by atoms with E-state index in [0.717, 1.165) is 30.1 Å². The molecule has 0 amide bonds. The molecule has 0 aliphatic rings. The zero-order valence-electron chi connectivity index (χ0n) is 15.4. The molecule has 0 bridgehead atoms. The van der Waals surface area contributed by atoms with Crippen LogP contribution in [-0.2, 0) is 13.0 Å². The van der Waals surface area contributed by atoms with Crippen LogP contribution in [0.25, 0.3) is 0 Å². The van der Waals surface area contributed by atoms with Crippen LogP contribution >= 0.6 is 24.0 Å². The number of nitrogens with one attached hydrogen (secondary N) is 1. The SMILES string of the molecule is CCNC(=NCCc1cccnc1)N(C)Cc1ccc(OC(F)F)cc1.I. The molecular formula is C19H25F2IN4O. The van der Waals surface area contributed by atoms with E-state index in [0.29, 0.717) is 13.1 Å². The fraction of sp³-hybridized carbons (Fsp3) is 0.368. The first-order valence-electron chi connectivity index (χ1n) is 8.50. The van der Waals surface area contributed by atoms with Gasteiger partial charge in [0.25, 0.3) is 0 Å². The smallest absolute Gasteiger partial charge is 0.387 e. The van der Waals surface area contributed by atoms with E-state index in [1.165, 1.54) is 0 Å². The molecule has 1 aromatic carbocycles. The Hall–Kier alpha value is -1.97. The Bertz CT molecular complexity index is 684. The third kappa shape index (κ3) is 8.51. The van der Waals surface area contributed by atoms with Gasteiger partial charge in [-0.3, -0.25) is 9.98 Å². The van der Waals surface area contributed by atoms with Crippen molar-refractivity contribution in [2.24, 2.45) is 4.99 Å². The van der Waals surface area contributed by atoms with Crippen molar-refractivity contribution < 1.29 is 13.5 Å². The average Bonchev–Trinajstić information content (AvgIpc) is 2.63. The summed E-state index contributed by atoms with van der Waals surface area (Å²) in [6.07, 6.45) is 4.41. The van der Waals surface area contributed by atoms with Crippen LogP contribution in [-0.4, -0.2) is 42.6 Å². The van der Waals surface area contributed by atoms with Crippen molar-refractivity contribution in [1.82, 2.24) is 15.2 Å². The van der Waals surface area contributed by atoms with Crippen molar-refractivity contribution in [3.8, 4) is 5.75 Å². The van der Waals surface area contributed by atoms with E-state index in [1.807, 2.05) is 37.2 Å². The van der Waals surface area contributed by atoms with Crippen molar-refractivity contribution >= 4 is 29.9 Å². The van der Waals surface area contributed by atoms with Gasteiger partial charge in [0.15, 0.2) is 5.96 Å². The molecule has 0 fully saturated rings. The van der Waals surface area contributed by atoms with Crippen molar-refractivity contribution in [3.63, 3.8) is 0 Å². The number of aromatic nitrogens is 1. The minimum absolute atomic E-state index is 0. The van der Waals surface area contributed by atoms with Gasteiger partial charge in [0, 0.05) is 39.1 Å². The summed E-state index contributed by atoms with van der Waals surface area (Å²) < 4.78 is 28.8. The first kappa shape index (κ1) is 23.1. The summed E-state index contributed by atoms with van der Waals surface area (Å²) in [6.45, 7) is 1.22. The molecule has 1 N–H and O–H groups in total. The Labute approximate surface area is 175 Å². The van der Waals surface area contributed by atoms with Crippen LogP contribution in [0.3, 0.4) is 0 Å². The van der Waals surface area contributed by atoms with E-state index >= 15 is 0 Å². The fourth-order valence-corrected chi connectivity index (χ4v) is 2.43. The standard InChI is InChI=1S/C19H24F2N4O.HI/c1-3-23-19(24-12-10-15-5-4-11-22-13-15)25(2)14-16-6-8-17(9-7-16)26-18(20)21;/h4-9,11,13,18H,3,10,12,14H2,1-2H3,(H,23,24);1H. The van der Waals surface area contributed by atoms with Gasteiger partial charge in [-0.15, -0.1) is 24.0 Å². The Morgan fingerprint density at radius 1 is 1.22 bits per heavy atom. The summed E-state index contributed by atoms with van der Waals surface area (Å²) in [5.74, 6) is 0.952. The van der Waals surface area contributed by atoms with Crippen LogP contribution in [0.5, 0.6) is 5.75 Å². The van der Waals surface area contributed by atoms with Crippen molar-refractivity contribution in [2.45, 2.75) is 26.5 Å². The summed E-state index contributed by atoms with van der Waals surface area (Å²) in [5.41, 5.74) is 2.12. The minimum atomic E-state index is -2.81. The normalized spacial score (nSPS) is 11.1. The van der Waals surface area contributed by atoms with Gasteiger partial charge in [-0.2, -0.15) is 8.78 Å².